The summed E-state index contributed by atoms with van der Waals surface area (Å²) >= 11 is 0. The second-order valence-corrected chi connectivity index (χ2v) is 6.28. The Labute approximate surface area is 124 Å². The summed E-state index contributed by atoms with van der Waals surface area (Å²) < 4.78 is 0. The van der Waals surface area contributed by atoms with Crippen molar-refractivity contribution in [3.63, 3.8) is 0 Å². The van der Waals surface area contributed by atoms with Crippen molar-refractivity contribution in [2.24, 2.45) is 5.92 Å². The molecular formula is C18H30N2. The molecule has 0 bridgehead atoms. The Bertz CT molecular complexity index is 355. The Kier molecular flexibility index (Phi) is 6.55. The molecular weight excluding hydrogens is 244 g/mol. The predicted molar refractivity (Wildman–Crippen MR) is 87.2 cm³/mol. The molecule has 2 rings (SSSR count). The molecule has 112 valence electrons. The van der Waals surface area contributed by atoms with Crippen molar-refractivity contribution < 1.29 is 0 Å². The van der Waals surface area contributed by atoms with Crippen LogP contribution in [0.15, 0.2) is 30.3 Å². The SMILES string of the molecule is CNCCC1CCN(CCC(C)c2ccccc2)CC1. The molecule has 0 aromatic heterocycles. The van der Waals surface area contributed by atoms with Gasteiger partial charge >= 0.3 is 0 Å². The molecule has 1 aliphatic rings. The minimum atomic E-state index is 0.679. The van der Waals surface area contributed by atoms with Crippen LogP contribution >= 0.6 is 0 Å². The summed E-state index contributed by atoms with van der Waals surface area (Å²) in [6.45, 7) is 7.39. The highest BCUT2D eigenvalue weighted by molar-refractivity contribution is 5.18. The van der Waals surface area contributed by atoms with Crippen LogP contribution in [0.5, 0.6) is 0 Å². The van der Waals surface area contributed by atoms with Crippen LogP contribution in [0.3, 0.4) is 0 Å². The Morgan fingerprint density at radius 2 is 1.90 bits per heavy atom. The van der Waals surface area contributed by atoms with Crippen LogP contribution in [-0.2, 0) is 0 Å². The molecule has 0 spiro atoms. The minimum Gasteiger partial charge on any atom is -0.320 e. The van der Waals surface area contributed by atoms with Gasteiger partial charge in [-0.1, -0.05) is 37.3 Å². The second kappa shape index (κ2) is 8.43. The summed E-state index contributed by atoms with van der Waals surface area (Å²) in [5, 5.41) is 3.27. The van der Waals surface area contributed by atoms with E-state index in [0.717, 1.165) is 5.92 Å². The molecule has 0 aliphatic carbocycles. The van der Waals surface area contributed by atoms with Gasteiger partial charge in [0.05, 0.1) is 0 Å². The quantitative estimate of drug-likeness (QED) is 0.818. The lowest BCUT2D eigenvalue weighted by atomic mass is 9.92. The zero-order chi connectivity index (χ0) is 14.2. The molecule has 0 radical (unpaired) electrons. The predicted octanol–water partition coefficient (Wildman–Crippen LogP) is 3.50. The third kappa shape index (κ3) is 4.92. The highest BCUT2D eigenvalue weighted by Gasteiger charge is 2.19. The third-order valence-corrected chi connectivity index (χ3v) is 4.76. The Balaban J connectivity index is 1.66. The van der Waals surface area contributed by atoms with E-state index in [1.54, 1.807) is 0 Å². The van der Waals surface area contributed by atoms with E-state index in [4.69, 9.17) is 0 Å². The van der Waals surface area contributed by atoms with E-state index in [-0.39, 0.29) is 0 Å². The number of piperidine rings is 1. The number of benzene rings is 1. The first-order valence-electron chi connectivity index (χ1n) is 8.21. The second-order valence-electron chi connectivity index (χ2n) is 6.28. The van der Waals surface area contributed by atoms with Gasteiger partial charge in [-0.2, -0.15) is 0 Å². The molecule has 1 unspecified atom stereocenters. The highest BCUT2D eigenvalue weighted by atomic mass is 15.1. The number of likely N-dealkylation sites (tertiary alicyclic amines) is 1. The van der Waals surface area contributed by atoms with Crippen molar-refractivity contribution in [3.8, 4) is 0 Å². The van der Waals surface area contributed by atoms with Gasteiger partial charge in [0.2, 0.25) is 0 Å². The average molecular weight is 274 g/mol. The van der Waals surface area contributed by atoms with Crippen molar-refractivity contribution in [3.05, 3.63) is 35.9 Å². The van der Waals surface area contributed by atoms with Crippen LogP contribution in [0.25, 0.3) is 0 Å². The fourth-order valence-corrected chi connectivity index (χ4v) is 3.17. The number of nitrogens with zero attached hydrogens (tertiary/aromatic N) is 1. The maximum Gasteiger partial charge on any atom is -0.00130 e. The molecule has 2 nitrogen and oxygen atoms in total. The third-order valence-electron chi connectivity index (χ3n) is 4.76. The molecule has 1 heterocycles. The lowest BCUT2D eigenvalue weighted by Crippen LogP contribution is -2.35. The maximum absolute atomic E-state index is 3.27. The highest BCUT2D eigenvalue weighted by Crippen LogP contribution is 2.23. The van der Waals surface area contributed by atoms with Crippen molar-refractivity contribution >= 4 is 0 Å². The van der Waals surface area contributed by atoms with Gasteiger partial charge in [-0.15, -0.1) is 0 Å². The number of rotatable bonds is 7. The molecule has 1 N–H and O–H groups in total. The zero-order valence-electron chi connectivity index (χ0n) is 13.1. The molecule has 20 heavy (non-hydrogen) atoms. The van der Waals surface area contributed by atoms with Crippen molar-refractivity contribution in [2.45, 2.75) is 38.5 Å². The molecule has 1 fully saturated rings. The van der Waals surface area contributed by atoms with E-state index in [1.165, 1.54) is 57.4 Å². The summed E-state index contributed by atoms with van der Waals surface area (Å²) in [6.07, 6.45) is 5.42. The molecule has 1 saturated heterocycles. The maximum atomic E-state index is 3.27. The first kappa shape index (κ1) is 15.5. The van der Waals surface area contributed by atoms with Gasteiger partial charge in [0.1, 0.15) is 0 Å². The Hall–Kier alpha value is -0.860. The Morgan fingerprint density at radius 1 is 1.20 bits per heavy atom. The van der Waals surface area contributed by atoms with E-state index in [2.05, 4.69) is 54.5 Å². The van der Waals surface area contributed by atoms with Gasteiger partial charge in [-0.25, -0.2) is 0 Å². The molecule has 1 aliphatic heterocycles. The van der Waals surface area contributed by atoms with Crippen LogP contribution < -0.4 is 5.32 Å². The van der Waals surface area contributed by atoms with Crippen LogP contribution in [-0.4, -0.2) is 38.1 Å². The van der Waals surface area contributed by atoms with Gasteiger partial charge in [0, 0.05) is 0 Å². The molecule has 1 atom stereocenters. The molecule has 1 aromatic carbocycles. The van der Waals surface area contributed by atoms with E-state index in [1.807, 2.05) is 0 Å². The Morgan fingerprint density at radius 3 is 2.55 bits per heavy atom. The van der Waals surface area contributed by atoms with E-state index in [9.17, 15) is 0 Å². The fourth-order valence-electron chi connectivity index (χ4n) is 3.17. The van der Waals surface area contributed by atoms with Gasteiger partial charge in [0.15, 0.2) is 0 Å². The van der Waals surface area contributed by atoms with Crippen LogP contribution in [0.2, 0.25) is 0 Å². The summed E-state index contributed by atoms with van der Waals surface area (Å²) in [6, 6.07) is 10.9. The van der Waals surface area contributed by atoms with Gasteiger partial charge < -0.3 is 10.2 Å². The minimum absolute atomic E-state index is 0.679. The molecule has 1 aromatic rings. The summed E-state index contributed by atoms with van der Waals surface area (Å²) in [5.41, 5.74) is 1.48. The van der Waals surface area contributed by atoms with Crippen LogP contribution in [0.4, 0.5) is 0 Å². The smallest absolute Gasteiger partial charge is 0.00130 e. The van der Waals surface area contributed by atoms with Crippen LogP contribution in [0.1, 0.15) is 44.1 Å². The van der Waals surface area contributed by atoms with Gasteiger partial charge in [-0.05, 0) is 76.3 Å². The lowest BCUT2D eigenvalue weighted by molar-refractivity contribution is 0.175. The first-order chi connectivity index (χ1) is 9.79. The molecule has 0 saturated carbocycles. The fraction of sp³-hybridized carbons (Fsp3) is 0.667. The first-order valence-corrected chi connectivity index (χ1v) is 8.21. The standard InChI is InChI=1S/C18H30N2/c1-16(18-6-4-3-5-7-18)9-13-20-14-10-17(11-15-20)8-12-19-2/h3-7,16-17,19H,8-15H2,1-2H3. The molecule has 0 amide bonds. The number of hydrogen-bond acceptors (Lipinski definition) is 2. The number of nitrogens with one attached hydrogen (secondary N) is 1. The van der Waals surface area contributed by atoms with Gasteiger partial charge in [0.25, 0.3) is 0 Å². The largest absolute Gasteiger partial charge is 0.320 e. The van der Waals surface area contributed by atoms with E-state index in [0.29, 0.717) is 5.92 Å². The van der Waals surface area contributed by atoms with Crippen molar-refractivity contribution in [2.75, 3.05) is 33.2 Å². The zero-order valence-corrected chi connectivity index (χ0v) is 13.1. The van der Waals surface area contributed by atoms with Gasteiger partial charge in [-0.3, -0.25) is 0 Å². The van der Waals surface area contributed by atoms with Crippen LogP contribution in [0, 0.1) is 5.92 Å². The molecule has 2 heteroatoms. The summed E-state index contributed by atoms with van der Waals surface area (Å²) in [4.78, 5) is 2.66. The topological polar surface area (TPSA) is 15.3 Å². The lowest BCUT2D eigenvalue weighted by Gasteiger charge is -2.32. The summed E-state index contributed by atoms with van der Waals surface area (Å²) in [5.74, 6) is 1.63. The van der Waals surface area contributed by atoms with Crippen molar-refractivity contribution in [1.29, 1.82) is 0 Å². The summed E-state index contributed by atoms with van der Waals surface area (Å²) in [7, 11) is 2.06. The van der Waals surface area contributed by atoms with Crippen molar-refractivity contribution in [1.82, 2.24) is 10.2 Å². The van der Waals surface area contributed by atoms with E-state index < -0.39 is 0 Å². The monoisotopic (exact) mass is 274 g/mol. The number of hydrogen-bond donors (Lipinski definition) is 1. The van der Waals surface area contributed by atoms with E-state index >= 15 is 0 Å². The average Bonchev–Trinajstić information content (AvgIpc) is 2.52. The normalized spacial score (nSPS) is 19.1.